The normalized spacial score (nSPS) is 13.3. The van der Waals surface area contributed by atoms with Crippen LogP contribution in [0.2, 0.25) is 0 Å². The molecule has 226 valence electrons. The molecule has 1 aliphatic carbocycles. The third-order valence-electron chi connectivity index (χ3n) is 10.2. The Morgan fingerprint density at radius 3 is 1.64 bits per heavy atom. The number of para-hydroxylation sites is 2. The van der Waals surface area contributed by atoms with Crippen LogP contribution in [0.5, 0.6) is 0 Å². The van der Waals surface area contributed by atoms with Gasteiger partial charge < -0.3 is 9.47 Å². The fourth-order valence-electron chi connectivity index (χ4n) is 7.99. The van der Waals surface area contributed by atoms with E-state index in [0.29, 0.717) is 0 Å². The molecule has 1 aliphatic rings. The van der Waals surface area contributed by atoms with E-state index in [1.807, 2.05) is 0 Å². The molecule has 0 aliphatic heterocycles. The Hall–Kier alpha value is -5.60. The minimum absolute atomic E-state index is 0.204. The Kier molecular flexibility index (Phi) is 6.01. The molecule has 2 heteroatoms. The third kappa shape index (κ3) is 4.11. The smallest absolute Gasteiger partial charge is 0.0543 e. The van der Waals surface area contributed by atoms with E-state index in [0.717, 1.165) is 11.4 Å². The van der Waals surface area contributed by atoms with Crippen LogP contribution in [0.1, 0.15) is 36.1 Å². The van der Waals surface area contributed by atoms with Gasteiger partial charge in [-0.1, -0.05) is 104 Å². The molecule has 9 rings (SSSR count). The molecular weight excluding hydrogens is 569 g/mol. The Morgan fingerprint density at radius 2 is 1.04 bits per heavy atom. The fraction of sp³-hybridized carbons (Fsp3) is 0.111. The van der Waals surface area contributed by atoms with Gasteiger partial charge in [0, 0.05) is 38.6 Å². The van der Waals surface area contributed by atoms with Gasteiger partial charge in [-0.2, -0.15) is 0 Å². The topological polar surface area (TPSA) is 8.17 Å². The average molecular weight is 605 g/mol. The molecular formula is C45H36N2. The number of nitrogens with zero attached hydrogens (tertiary/aromatic N) is 2. The van der Waals surface area contributed by atoms with Gasteiger partial charge in [0.2, 0.25) is 0 Å². The fourth-order valence-corrected chi connectivity index (χ4v) is 7.99. The molecule has 0 bridgehead atoms. The monoisotopic (exact) mass is 604 g/mol. The second-order valence-corrected chi connectivity index (χ2v) is 13.6. The molecule has 0 unspecified atom stereocenters. The van der Waals surface area contributed by atoms with E-state index < -0.39 is 0 Å². The van der Waals surface area contributed by atoms with Gasteiger partial charge in [-0.3, -0.25) is 0 Å². The van der Waals surface area contributed by atoms with Crippen molar-refractivity contribution < 1.29 is 0 Å². The van der Waals surface area contributed by atoms with Crippen LogP contribution in [-0.4, -0.2) is 4.57 Å². The highest BCUT2D eigenvalue weighted by Gasteiger charge is 2.38. The summed E-state index contributed by atoms with van der Waals surface area (Å²) in [5.74, 6) is 0. The van der Waals surface area contributed by atoms with Crippen molar-refractivity contribution in [3.8, 4) is 16.8 Å². The van der Waals surface area contributed by atoms with Crippen molar-refractivity contribution >= 4 is 49.6 Å². The molecule has 0 saturated heterocycles. The summed E-state index contributed by atoms with van der Waals surface area (Å²) in [4.78, 5) is 2.41. The molecule has 8 aromatic rings. The van der Waals surface area contributed by atoms with Crippen molar-refractivity contribution in [2.45, 2.75) is 33.1 Å². The first-order valence-corrected chi connectivity index (χ1v) is 16.5. The van der Waals surface area contributed by atoms with Crippen molar-refractivity contribution in [2.75, 3.05) is 4.90 Å². The first-order chi connectivity index (χ1) is 22.9. The van der Waals surface area contributed by atoms with Crippen LogP contribution in [-0.2, 0) is 5.41 Å². The number of hydrogen-bond donors (Lipinski definition) is 0. The average Bonchev–Trinajstić information content (AvgIpc) is 3.53. The number of rotatable bonds is 4. The zero-order valence-electron chi connectivity index (χ0n) is 27.3. The van der Waals surface area contributed by atoms with Gasteiger partial charge in [0.1, 0.15) is 0 Å². The quantitative estimate of drug-likeness (QED) is 0.194. The molecule has 0 fully saturated rings. The van der Waals surface area contributed by atoms with Crippen molar-refractivity contribution in [3.63, 3.8) is 0 Å². The molecule has 1 heterocycles. The minimum atomic E-state index is -0.204. The number of aryl methyl sites for hydroxylation is 2. The molecule has 2 nitrogen and oxygen atoms in total. The van der Waals surface area contributed by atoms with Crippen LogP contribution in [0.4, 0.5) is 17.1 Å². The van der Waals surface area contributed by atoms with E-state index in [2.05, 4.69) is 183 Å². The lowest BCUT2D eigenvalue weighted by Gasteiger charge is -2.29. The van der Waals surface area contributed by atoms with Gasteiger partial charge in [0.05, 0.1) is 16.7 Å². The Balaban J connectivity index is 1.29. The van der Waals surface area contributed by atoms with Gasteiger partial charge in [-0.15, -0.1) is 0 Å². The minimum Gasteiger partial charge on any atom is -0.310 e. The number of benzene rings is 7. The lowest BCUT2D eigenvalue weighted by atomic mass is 9.81. The summed E-state index contributed by atoms with van der Waals surface area (Å²) < 4.78 is 2.46. The first kappa shape index (κ1) is 27.7. The van der Waals surface area contributed by atoms with Crippen molar-refractivity contribution in [1.29, 1.82) is 0 Å². The Bertz CT molecular complexity index is 2400. The highest BCUT2D eigenvalue weighted by atomic mass is 15.1. The maximum Gasteiger partial charge on any atom is 0.0543 e. The maximum absolute atomic E-state index is 2.46. The standard InChI is InChI=1S/C45H36N2/c1-29-19-23-41-37(25-29)38-26-30(2)20-24-42(38)47(41)33-21-22-36-39(27-33)45(3,4)40-28-43(34-17-11-12-18-35(34)44(36)40)46(31-13-7-5-8-14-31)32-15-9-6-10-16-32/h5-28H,1-4H3. The molecule has 1 aromatic heterocycles. The number of anilines is 3. The molecule has 0 saturated carbocycles. The summed E-state index contributed by atoms with van der Waals surface area (Å²) >= 11 is 0. The van der Waals surface area contributed by atoms with Gasteiger partial charge in [0.15, 0.2) is 0 Å². The second-order valence-electron chi connectivity index (χ2n) is 13.6. The first-order valence-electron chi connectivity index (χ1n) is 16.5. The predicted molar refractivity (Wildman–Crippen MR) is 200 cm³/mol. The van der Waals surface area contributed by atoms with E-state index in [9.17, 15) is 0 Å². The highest BCUT2D eigenvalue weighted by Crippen LogP contribution is 2.55. The molecule has 0 radical (unpaired) electrons. The molecule has 0 amide bonds. The molecule has 0 N–H and O–H groups in total. The molecule has 47 heavy (non-hydrogen) atoms. The summed E-state index contributed by atoms with van der Waals surface area (Å²) in [6.07, 6.45) is 0. The van der Waals surface area contributed by atoms with E-state index in [1.54, 1.807) is 0 Å². The van der Waals surface area contributed by atoms with Gasteiger partial charge in [0.25, 0.3) is 0 Å². The van der Waals surface area contributed by atoms with E-state index in [4.69, 9.17) is 0 Å². The second kappa shape index (κ2) is 10.2. The number of hydrogen-bond acceptors (Lipinski definition) is 1. The van der Waals surface area contributed by atoms with Crippen molar-refractivity contribution in [2.24, 2.45) is 0 Å². The lowest BCUT2D eigenvalue weighted by Crippen LogP contribution is -2.17. The van der Waals surface area contributed by atoms with Crippen molar-refractivity contribution in [1.82, 2.24) is 4.57 Å². The van der Waals surface area contributed by atoms with Crippen LogP contribution in [0.25, 0.3) is 49.4 Å². The van der Waals surface area contributed by atoms with Crippen LogP contribution in [0.15, 0.2) is 146 Å². The summed E-state index contributed by atoms with van der Waals surface area (Å²) in [6, 6.07) is 53.7. The van der Waals surface area contributed by atoms with Gasteiger partial charge in [-0.25, -0.2) is 0 Å². The van der Waals surface area contributed by atoms with E-state index in [1.165, 1.54) is 77.3 Å². The molecule has 0 spiro atoms. The summed E-state index contributed by atoms with van der Waals surface area (Å²) in [5.41, 5.74) is 15.0. The van der Waals surface area contributed by atoms with E-state index in [-0.39, 0.29) is 5.41 Å². The zero-order chi connectivity index (χ0) is 31.9. The Morgan fingerprint density at radius 1 is 0.489 bits per heavy atom. The Labute approximate surface area is 276 Å². The van der Waals surface area contributed by atoms with E-state index >= 15 is 0 Å². The molecule has 7 aromatic carbocycles. The SMILES string of the molecule is Cc1ccc2c(c1)c1cc(C)ccc1n2-c1ccc2c(c1)C(C)(C)c1cc(N(c3ccccc3)c3ccccc3)c3ccccc3c1-2. The maximum atomic E-state index is 2.46. The van der Waals surface area contributed by atoms with Gasteiger partial charge in [-0.05, 0) is 108 Å². The number of aromatic nitrogens is 1. The molecule has 0 atom stereocenters. The van der Waals surface area contributed by atoms with Crippen molar-refractivity contribution in [3.05, 3.63) is 168 Å². The third-order valence-corrected chi connectivity index (χ3v) is 10.2. The largest absolute Gasteiger partial charge is 0.310 e. The van der Waals surface area contributed by atoms with Gasteiger partial charge >= 0.3 is 0 Å². The zero-order valence-corrected chi connectivity index (χ0v) is 27.3. The van der Waals surface area contributed by atoms with Crippen LogP contribution in [0, 0.1) is 13.8 Å². The summed E-state index contributed by atoms with van der Waals surface area (Å²) in [6.45, 7) is 9.16. The summed E-state index contributed by atoms with van der Waals surface area (Å²) in [5, 5.41) is 5.16. The van der Waals surface area contributed by atoms with Crippen LogP contribution < -0.4 is 4.90 Å². The van der Waals surface area contributed by atoms with Crippen LogP contribution in [0.3, 0.4) is 0 Å². The number of fused-ring (bicyclic) bond motifs is 8. The highest BCUT2D eigenvalue weighted by molar-refractivity contribution is 6.11. The van der Waals surface area contributed by atoms with Crippen LogP contribution >= 0.6 is 0 Å². The predicted octanol–water partition coefficient (Wildman–Crippen LogP) is 12.3. The summed E-state index contributed by atoms with van der Waals surface area (Å²) in [7, 11) is 0. The lowest BCUT2D eigenvalue weighted by molar-refractivity contribution is 0.660.